The number of fused-ring (bicyclic) bond motifs is 4. The zero-order valence-corrected chi connectivity index (χ0v) is 15.7. The van der Waals surface area contributed by atoms with Gasteiger partial charge in [0.1, 0.15) is 0 Å². The normalized spacial score (nSPS) is 25.0. The van der Waals surface area contributed by atoms with E-state index in [9.17, 15) is 4.79 Å². The van der Waals surface area contributed by atoms with Crippen LogP contribution >= 0.6 is 0 Å². The molecule has 134 valence electrons. The van der Waals surface area contributed by atoms with Crippen molar-refractivity contribution in [1.29, 1.82) is 0 Å². The smallest absolute Gasteiger partial charge is 0.319 e. The van der Waals surface area contributed by atoms with Gasteiger partial charge in [-0.2, -0.15) is 5.10 Å². The summed E-state index contributed by atoms with van der Waals surface area (Å²) in [5.41, 5.74) is 2.36. The Bertz CT molecular complexity index is 588. The molecule has 24 heavy (non-hydrogen) atoms. The molecule has 0 radical (unpaired) electrons. The minimum absolute atomic E-state index is 0.0709. The van der Waals surface area contributed by atoms with Crippen LogP contribution in [-0.2, 0) is 12.0 Å². The van der Waals surface area contributed by atoms with Gasteiger partial charge in [-0.25, -0.2) is 4.79 Å². The monoisotopic (exact) mass is 333 g/mol. The van der Waals surface area contributed by atoms with Crippen LogP contribution < -0.4 is 0 Å². The summed E-state index contributed by atoms with van der Waals surface area (Å²) in [6.45, 7) is 10.3. The highest BCUT2D eigenvalue weighted by Gasteiger charge is 2.37. The Morgan fingerprint density at radius 1 is 1.29 bits per heavy atom. The zero-order valence-electron chi connectivity index (χ0n) is 15.7. The van der Waals surface area contributed by atoms with E-state index in [0.29, 0.717) is 12.0 Å². The van der Waals surface area contributed by atoms with E-state index < -0.39 is 0 Å². The number of nitrogens with one attached hydrogen (secondary N) is 1. The summed E-state index contributed by atoms with van der Waals surface area (Å²) < 4.78 is 0. The van der Waals surface area contributed by atoms with Gasteiger partial charge in [-0.1, -0.05) is 20.8 Å². The van der Waals surface area contributed by atoms with Gasteiger partial charge in [0, 0.05) is 57.4 Å². The summed E-state index contributed by atoms with van der Waals surface area (Å²) >= 11 is 0. The lowest BCUT2D eigenvalue weighted by molar-refractivity contribution is 0.121. The van der Waals surface area contributed by atoms with Crippen molar-refractivity contribution in [3.05, 3.63) is 17.5 Å². The van der Waals surface area contributed by atoms with Crippen LogP contribution in [0.5, 0.6) is 0 Å². The number of aromatic nitrogens is 2. The van der Waals surface area contributed by atoms with Gasteiger partial charge >= 0.3 is 6.03 Å². The van der Waals surface area contributed by atoms with Crippen LogP contribution in [0.2, 0.25) is 0 Å². The minimum Gasteiger partial charge on any atom is -0.331 e. The van der Waals surface area contributed by atoms with Crippen molar-refractivity contribution in [2.75, 3.05) is 33.7 Å². The van der Waals surface area contributed by atoms with Gasteiger partial charge in [-0.05, 0) is 24.8 Å². The van der Waals surface area contributed by atoms with Crippen LogP contribution in [0.3, 0.4) is 0 Å². The molecule has 4 rings (SSSR count). The first-order chi connectivity index (χ1) is 11.2. The summed E-state index contributed by atoms with van der Waals surface area (Å²) in [6.07, 6.45) is 2.41. The zero-order chi connectivity index (χ0) is 17.5. The fourth-order valence-corrected chi connectivity index (χ4v) is 3.86. The average Bonchev–Trinajstić information content (AvgIpc) is 2.79. The SMILES string of the molecule is CN(C)C(=O)N1C[C@H]2CC[C@@H](C1)N(Cc1cc(C(C)(C)C)n[nH]1)C2. The highest BCUT2D eigenvalue weighted by molar-refractivity contribution is 5.74. The van der Waals surface area contributed by atoms with E-state index >= 15 is 0 Å². The van der Waals surface area contributed by atoms with E-state index in [4.69, 9.17) is 0 Å². The summed E-state index contributed by atoms with van der Waals surface area (Å²) in [4.78, 5) is 18.6. The molecule has 2 bridgehead atoms. The van der Waals surface area contributed by atoms with E-state index in [1.807, 2.05) is 19.0 Å². The molecular formula is C18H31N5O. The van der Waals surface area contributed by atoms with Gasteiger partial charge in [0.05, 0.1) is 5.69 Å². The number of aromatic amines is 1. The van der Waals surface area contributed by atoms with Crippen LogP contribution in [-0.4, -0.2) is 70.7 Å². The van der Waals surface area contributed by atoms with E-state index in [0.717, 1.165) is 31.9 Å². The molecule has 3 aliphatic heterocycles. The van der Waals surface area contributed by atoms with Crippen molar-refractivity contribution in [2.45, 2.75) is 51.6 Å². The van der Waals surface area contributed by atoms with Crippen molar-refractivity contribution >= 4 is 6.03 Å². The predicted molar refractivity (Wildman–Crippen MR) is 94.9 cm³/mol. The Morgan fingerprint density at radius 2 is 2.04 bits per heavy atom. The molecule has 2 atom stereocenters. The summed E-state index contributed by atoms with van der Waals surface area (Å²) in [5.74, 6) is 0.581. The lowest BCUT2D eigenvalue weighted by Crippen LogP contribution is -2.45. The van der Waals surface area contributed by atoms with Gasteiger partial charge in [0.25, 0.3) is 0 Å². The van der Waals surface area contributed by atoms with Crippen LogP contribution in [0.4, 0.5) is 4.79 Å². The molecule has 6 heteroatoms. The Labute approximate surface area is 145 Å². The molecule has 0 saturated carbocycles. The molecule has 0 unspecified atom stereocenters. The Morgan fingerprint density at radius 3 is 2.67 bits per heavy atom. The second kappa shape index (κ2) is 6.39. The number of hydrogen-bond acceptors (Lipinski definition) is 3. The van der Waals surface area contributed by atoms with Gasteiger partial charge in [-0.3, -0.25) is 10.00 Å². The van der Waals surface area contributed by atoms with Gasteiger partial charge < -0.3 is 9.80 Å². The lowest BCUT2D eigenvalue weighted by Gasteiger charge is -2.35. The molecule has 1 aromatic rings. The molecule has 4 heterocycles. The third kappa shape index (κ3) is 3.58. The van der Waals surface area contributed by atoms with Crippen molar-refractivity contribution in [3.8, 4) is 0 Å². The number of nitrogens with zero attached hydrogens (tertiary/aromatic N) is 4. The van der Waals surface area contributed by atoms with Gasteiger partial charge in [-0.15, -0.1) is 0 Å². The second-order valence-corrected chi connectivity index (χ2v) is 8.64. The maximum Gasteiger partial charge on any atom is 0.319 e. The molecule has 6 nitrogen and oxygen atoms in total. The summed E-state index contributed by atoms with van der Waals surface area (Å²) in [6, 6.07) is 2.79. The maximum atomic E-state index is 12.4. The molecule has 3 saturated heterocycles. The predicted octanol–water partition coefficient (Wildman–Crippen LogP) is 2.29. The first-order valence-corrected chi connectivity index (χ1v) is 8.99. The molecule has 0 aromatic carbocycles. The Hall–Kier alpha value is -1.56. The third-order valence-electron chi connectivity index (χ3n) is 5.25. The van der Waals surface area contributed by atoms with E-state index in [1.54, 1.807) is 4.90 Å². The first-order valence-electron chi connectivity index (χ1n) is 8.99. The second-order valence-electron chi connectivity index (χ2n) is 8.64. The number of rotatable bonds is 2. The fraction of sp³-hybridized carbons (Fsp3) is 0.778. The molecule has 3 aliphatic rings. The molecule has 1 N–H and O–H groups in total. The van der Waals surface area contributed by atoms with Gasteiger partial charge in [0.2, 0.25) is 0 Å². The quantitative estimate of drug-likeness (QED) is 0.903. The highest BCUT2D eigenvalue weighted by Crippen LogP contribution is 2.30. The number of carbonyl (C=O) groups is 1. The number of piperidine rings is 1. The topological polar surface area (TPSA) is 55.5 Å². The van der Waals surface area contributed by atoms with Crippen LogP contribution in [0, 0.1) is 5.92 Å². The Balaban J connectivity index is 1.70. The van der Waals surface area contributed by atoms with E-state index in [1.165, 1.54) is 18.5 Å². The lowest BCUT2D eigenvalue weighted by atomic mass is 9.92. The van der Waals surface area contributed by atoms with Gasteiger partial charge in [0.15, 0.2) is 0 Å². The number of H-pyrrole nitrogens is 1. The number of hydrogen-bond donors (Lipinski definition) is 1. The third-order valence-corrected chi connectivity index (χ3v) is 5.25. The Kier molecular flexibility index (Phi) is 4.60. The summed E-state index contributed by atoms with van der Waals surface area (Å²) in [5, 5.41) is 7.69. The molecule has 1 aromatic heterocycles. The minimum atomic E-state index is 0.0709. The molecular weight excluding hydrogens is 302 g/mol. The van der Waals surface area contributed by atoms with Crippen molar-refractivity contribution in [3.63, 3.8) is 0 Å². The molecule has 0 spiro atoms. The van der Waals surface area contributed by atoms with Crippen LogP contribution in [0.1, 0.15) is 45.0 Å². The maximum absolute atomic E-state index is 12.4. The molecule has 2 amide bonds. The van der Waals surface area contributed by atoms with E-state index in [2.05, 4.69) is 41.9 Å². The standard InChI is InChI=1S/C18H31N5O/c1-18(2,3)16-8-14(19-20-16)11-22-9-13-6-7-15(22)12-23(10-13)17(24)21(4)5/h8,13,15H,6-7,9-12H2,1-5H3,(H,19,20)/t13-,15-/m0/s1. The average molecular weight is 333 g/mol. The largest absolute Gasteiger partial charge is 0.331 e. The molecule has 0 aliphatic carbocycles. The van der Waals surface area contributed by atoms with Crippen molar-refractivity contribution < 1.29 is 4.79 Å². The van der Waals surface area contributed by atoms with Crippen molar-refractivity contribution in [1.82, 2.24) is 24.9 Å². The fourth-order valence-electron chi connectivity index (χ4n) is 3.86. The van der Waals surface area contributed by atoms with Crippen LogP contribution in [0.25, 0.3) is 0 Å². The number of carbonyl (C=O) groups excluding carboxylic acids is 1. The number of amides is 2. The summed E-state index contributed by atoms with van der Waals surface area (Å²) in [7, 11) is 3.68. The first kappa shape index (κ1) is 17.3. The van der Waals surface area contributed by atoms with E-state index in [-0.39, 0.29) is 11.4 Å². The highest BCUT2D eigenvalue weighted by atomic mass is 16.2. The van der Waals surface area contributed by atoms with Crippen molar-refractivity contribution in [2.24, 2.45) is 5.92 Å². The number of urea groups is 1. The van der Waals surface area contributed by atoms with Crippen LogP contribution in [0.15, 0.2) is 6.07 Å². The molecule has 3 fully saturated rings.